The van der Waals surface area contributed by atoms with Crippen molar-refractivity contribution in [1.29, 1.82) is 0 Å². The Labute approximate surface area is 192 Å². The molecular weight excluding hydrogens is 418 g/mol. The number of nitrogens with two attached hydrogens (primary N) is 1. The van der Waals surface area contributed by atoms with Crippen molar-refractivity contribution in [2.45, 2.75) is 18.8 Å². The van der Waals surface area contributed by atoms with Crippen LogP contribution in [-0.2, 0) is 17.6 Å². The average Bonchev–Trinajstić information content (AvgIpc) is 3.36. The molecule has 32 heavy (non-hydrogen) atoms. The number of H-pyrrole nitrogens is 1. The number of hydrogen-bond donors (Lipinski definition) is 3. The number of primary amides is 1. The number of tetrazole rings is 1. The lowest BCUT2D eigenvalue weighted by Gasteiger charge is -2.17. The third-order valence-corrected chi connectivity index (χ3v) is 6.07. The maximum absolute atomic E-state index is 11.7. The summed E-state index contributed by atoms with van der Waals surface area (Å²) in [6.07, 6.45) is 1.28. The van der Waals surface area contributed by atoms with Gasteiger partial charge in [-0.3, -0.25) is 4.79 Å². The van der Waals surface area contributed by atoms with Crippen molar-refractivity contribution in [1.82, 2.24) is 20.6 Å². The fourth-order valence-corrected chi connectivity index (χ4v) is 4.16. The quantitative estimate of drug-likeness (QED) is 0.343. The lowest BCUT2D eigenvalue weighted by molar-refractivity contribution is -0.121. The van der Waals surface area contributed by atoms with Crippen LogP contribution in [0, 0.1) is 5.92 Å². The molecule has 0 aliphatic rings. The number of nitrogens with one attached hydrogen (secondary N) is 1. The number of nitrogens with zero attached hydrogens (tertiary/aromatic N) is 3. The van der Waals surface area contributed by atoms with Crippen LogP contribution in [0.5, 0.6) is 0 Å². The molecule has 1 heterocycles. The Morgan fingerprint density at radius 2 is 1.66 bits per heavy atom. The minimum Gasteiger partial charge on any atom is -0.369 e. The summed E-state index contributed by atoms with van der Waals surface area (Å²) >= 11 is 4.27. The summed E-state index contributed by atoms with van der Waals surface area (Å²) in [6.45, 7) is 0. The van der Waals surface area contributed by atoms with Crippen LogP contribution in [-0.4, -0.2) is 32.3 Å². The van der Waals surface area contributed by atoms with E-state index in [1.165, 1.54) is 16.7 Å². The highest BCUT2D eigenvalue weighted by Gasteiger charge is 2.21. The smallest absolute Gasteiger partial charge is 0.221 e. The molecule has 0 saturated carbocycles. The summed E-state index contributed by atoms with van der Waals surface area (Å²) in [5, 5.41) is 14.8. The van der Waals surface area contributed by atoms with E-state index in [0.29, 0.717) is 18.0 Å². The van der Waals surface area contributed by atoms with Gasteiger partial charge in [-0.1, -0.05) is 84.1 Å². The van der Waals surface area contributed by atoms with Gasteiger partial charge < -0.3 is 5.73 Å². The van der Waals surface area contributed by atoms with Gasteiger partial charge in [-0.15, -0.1) is 10.2 Å². The predicted molar refractivity (Wildman–Crippen MR) is 128 cm³/mol. The van der Waals surface area contributed by atoms with Gasteiger partial charge in [0.1, 0.15) is 0 Å². The molecule has 1 amide bonds. The Hall–Kier alpha value is -3.45. The molecule has 4 rings (SSSR count). The molecule has 0 radical (unpaired) electrons. The van der Waals surface area contributed by atoms with Crippen LogP contribution in [0.2, 0.25) is 0 Å². The van der Waals surface area contributed by atoms with Crippen LogP contribution in [0.4, 0.5) is 0 Å². The zero-order valence-electron chi connectivity index (χ0n) is 17.6. The lowest BCUT2D eigenvalue weighted by atomic mass is 9.88. The minimum atomic E-state index is -0.335. The highest BCUT2D eigenvalue weighted by atomic mass is 32.1. The van der Waals surface area contributed by atoms with Crippen LogP contribution in [0.3, 0.4) is 0 Å². The number of rotatable bonds is 9. The van der Waals surface area contributed by atoms with E-state index >= 15 is 0 Å². The zero-order valence-corrected chi connectivity index (χ0v) is 18.5. The van der Waals surface area contributed by atoms with E-state index < -0.39 is 0 Å². The maximum Gasteiger partial charge on any atom is 0.221 e. The molecule has 0 spiro atoms. The summed E-state index contributed by atoms with van der Waals surface area (Å²) in [6, 6.07) is 27.0. The average molecular weight is 444 g/mol. The van der Waals surface area contributed by atoms with Crippen molar-refractivity contribution >= 4 is 18.5 Å². The fraction of sp³-hybridized carbons (Fsp3) is 0.200. The third kappa shape index (κ3) is 5.23. The second-order valence-corrected chi connectivity index (χ2v) is 8.19. The number of aromatic amines is 1. The fourth-order valence-electron chi connectivity index (χ4n) is 3.85. The number of carbonyl (C=O) groups excluding carboxylic acids is 1. The Morgan fingerprint density at radius 3 is 2.31 bits per heavy atom. The molecule has 0 fully saturated rings. The molecule has 0 bridgehead atoms. The zero-order chi connectivity index (χ0) is 22.3. The van der Waals surface area contributed by atoms with Crippen LogP contribution in [0.1, 0.15) is 28.4 Å². The Balaban J connectivity index is 1.59. The standard InChI is InChI=1S/C25H25N5OS/c26-24(31)22(16-32)14-18-5-4-8-21(13-18)23(25-27-29-30-28-25)15-17-9-11-20(12-10-17)19-6-2-1-3-7-19/h1-13,22-23,32H,14-16H2,(H2,26,31)(H,27,28,29,30)/t22-,23+/m1/s1. The first-order valence-corrected chi connectivity index (χ1v) is 11.1. The first-order valence-electron chi connectivity index (χ1n) is 10.5. The van der Waals surface area contributed by atoms with E-state index in [1.54, 1.807) is 0 Å². The van der Waals surface area contributed by atoms with E-state index in [1.807, 2.05) is 30.3 Å². The first kappa shape index (κ1) is 21.8. The Kier molecular flexibility index (Phi) is 6.97. The summed E-state index contributed by atoms with van der Waals surface area (Å²) in [4.78, 5) is 11.7. The monoisotopic (exact) mass is 443 g/mol. The van der Waals surface area contributed by atoms with Crippen molar-refractivity contribution < 1.29 is 4.79 Å². The molecule has 0 aliphatic carbocycles. The lowest BCUT2D eigenvalue weighted by Crippen LogP contribution is -2.26. The third-order valence-electron chi connectivity index (χ3n) is 5.63. The van der Waals surface area contributed by atoms with E-state index in [2.05, 4.69) is 81.8 Å². The van der Waals surface area contributed by atoms with Crippen molar-refractivity contribution in [3.63, 3.8) is 0 Å². The van der Waals surface area contributed by atoms with Gasteiger partial charge in [0, 0.05) is 5.75 Å². The summed E-state index contributed by atoms with van der Waals surface area (Å²) in [5.74, 6) is 0.345. The molecule has 1 aromatic heterocycles. The summed E-state index contributed by atoms with van der Waals surface area (Å²) < 4.78 is 0. The molecule has 3 aromatic carbocycles. The number of hydrogen-bond acceptors (Lipinski definition) is 5. The molecule has 0 unspecified atom stereocenters. The molecule has 0 aliphatic heterocycles. The van der Waals surface area contributed by atoms with Gasteiger partial charge in [-0.25, -0.2) is 0 Å². The largest absolute Gasteiger partial charge is 0.369 e. The second-order valence-electron chi connectivity index (χ2n) is 7.82. The minimum absolute atomic E-state index is 0.0701. The second kappa shape index (κ2) is 10.2. The summed E-state index contributed by atoms with van der Waals surface area (Å²) in [7, 11) is 0. The molecule has 0 saturated heterocycles. The normalized spacial score (nSPS) is 12.9. The molecular formula is C25H25N5OS. The van der Waals surface area contributed by atoms with Gasteiger partial charge in [0.25, 0.3) is 0 Å². The van der Waals surface area contributed by atoms with Gasteiger partial charge in [-0.05, 0) is 40.7 Å². The van der Waals surface area contributed by atoms with Gasteiger partial charge in [0.2, 0.25) is 5.91 Å². The molecule has 7 heteroatoms. The highest BCUT2D eigenvalue weighted by molar-refractivity contribution is 7.80. The SMILES string of the molecule is NC(=O)[C@@H](CS)Cc1cccc([C@H](Cc2ccc(-c3ccccc3)cc2)c2nn[nH]n2)c1. The molecule has 2 atom stereocenters. The Morgan fingerprint density at radius 1 is 0.906 bits per heavy atom. The van der Waals surface area contributed by atoms with Gasteiger partial charge in [0.05, 0.1) is 11.8 Å². The van der Waals surface area contributed by atoms with Gasteiger partial charge in [-0.2, -0.15) is 17.8 Å². The van der Waals surface area contributed by atoms with Crippen LogP contribution >= 0.6 is 12.6 Å². The van der Waals surface area contributed by atoms with Crippen LogP contribution in [0.25, 0.3) is 11.1 Å². The number of benzene rings is 3. The first-order chi connectivity index (χ1) is 15.6. The summed E-state index contributed by atoms with van der Waals surface area (Å²) in [5.41, 5.74) is 11.2. The number of carbonyl (C=O) groups is 1. The van der Waals surface area contributed by atoms with Crippen molar-refractivity contribution in [2.75, 3.05) is 5.75 Å². The molecule has 3 N–H and O–H groups in total. The van der Waals surface area contributed by atoms with Crippen molar-refractivity contribution in [3.05, 3.63) is 101 Å². The number of aromatic nitrogens is 4. The van der Waals surface area contributed by atoms with Crippen LogP contribution in [0.15, 0.2) is 78.9 Å². The van der Waals surface area contributed by atoms with E-state index in [-0.39, 0.29) is 17.7 Å². The molecule has 4 aromatic rings. The Bertz CT molecular complexity index is 1150. The topological polar surface area (TPSA) is 97.5 Å². The van der Waals surface area contributed by atoms with Gasteiger partial charge >= 0.3 is 0 Å². The molecule has 162 valence electrons. The predicted octanol–water partition coefficient (Wildman–Crippen LogP) is 3.82. The maximum atomic E-state index is 11.7. The highest BCUT2D eigenvalue weighted by Crippen LogP contribution is 2.28. The van der Waals surface area contributed by atoms with E-state index in [0.717, 1.165) is 17.5 Å². The van der Waals surface area contributed by atoms with Gasteiger partial charge in [0.15, 0.2) is 5.82 Å². The number of thiol groups is 1. The molecule has 6 nitrogen and oxygen atoms in total. The van der Waals surface area contributed by atoms with Crippen molar-refractivity contribution in [3.8, 4) is 11.1 Å². The van der Waals surface area contributed by atoms with E-state index in [4.69, 9.17) is 5.73 Å². The van der Waals surface area contributed by atoms with Crippen molar-refractivity contribution in [2.24, 2.45) is 11.7 Å². The van der Waals surface area contributed by atoms with Crippen LogP contribution < -0.4 is 5.73 Å². The number of amides is 1. The van der Waals surface area contributed by atoms with E-state index in [9.17, 15) is 4.79 Å².